The van der Waals surface area contributed by atoms with Gasteiger partial charge in [0, 0.05) is 6.42 Å². The summed E-state index contributed by atoms with van der Waals surface area (Å²) < 4.78 is 23.8. The van der Waals surface area contributed by atoms with Gasteiger partial charge in [0.2, 0.25) is 5.91 Å². The van der Waals surface area contributed by atoms with Gasteiger partial charge in [-0.15, -0.1) is 0 Å². The van der Waals surface area contributed by atoms with Crippen molar-refractivity contribution in [2.75, 3.05) is 40.9 Å². The highest BCUT2D eigenvalue weighted by atomic mass is 31.2. The maximum absolute atomic E-state index is 13.0. The van der Waals surface area contributed by atoms with Crippen LogP contribution in [0, 0.1) is 0 Å². The standard InChI is InChI=1S/C66H129N2O6P/c1-6-8-10-12-14-16-18-20-22-24-26-28-30-32-33-34-36-37-39-41-43-45-47-49-51-53-55-57-59-65(69)64(63-74-75(71,72)73-62-61-68(3,4)5)67-66(70)60-58-56-54-52-50-48-46-44-42-40-38-35-31-29-27-25-23-21-19-17-15-13-11-9-7-2/h25,27,49,51,57,59,64-65,69H,6-24,26,28-48,50,52-56,58,60-63H2,1-5H3,(H-,67,70,71,72)/p+1/b27-25-,51-49+,59-57+. The molecule has 0 aromatic rings. The van der Waals surface area contributed by atoms with Crippen LogP contribution >= 0.6 is 7.82 Å². The minimum absolute atomic E-state index is 0.0574. The molecule has 1 amide bonds. The summed E-state index contributed by atoms with van der Waals surface area (Å²) in [6.45, 7) is 4.84. The molecule has 3 N–H and O–H groups in total. The number of allylic oxidation sites excluding steroid dienone is 5. The molecule has 75 heavy (non-hydrogen) atoms. The van der Waals surface area contributed by atoms with Gasteiger partial charge in [-0.05, 0) is 57.8 Å². The molecule has 0 heterocycles. The Morgan fingerprint density at radius 2 is 0.733 bits per heavy atom. The highest BCUT2D eigenvalue weighted by Gasteiger charge is 2.28. The van der Waals surface area contributed by atoms with E-state index in [-0.39, 0.29) is 19.1 Å². The van der Waals surface area contributed by atoms with Crippen LogP contribution in [0.4, 0.5) is 0 Å². The van der Waals surface area contributed by atoms with E-state index < -0.39 is 20.0 Å². The Morgan fingerprint density at radius 1 is 0.440 bits per heavy atom. The van der Waals surface area contributed by atoms with E-state index in [1.54, 1.807) is 6.08 Å². The maximum Gasteiger partial charge on any atom is 0.472 e. The number of likely N-dealkylation sites (N-methyl/N-ethyl adjacent to an activating group) is 1. The van der Waals surface area contributed by atoms with Gasteiger partial charge >= 0.3 is 7.82 Å². The average Bonchev–Trinajstić information content (AvgIpc) is 3.37. The summed E-state index contributed by atoms with van der Waals surface area (Å²) in [6.07, 6.45) is 75.7. The van der Waals surface area contributed by atoms with Crippen molar-refractivity contribution in [1.82, 2.24) is 5.32 Å². The van der Waals surface area contributed by atoms with Crippen molar-refractivity contribution in [2.24, 2.45) is 0 Å². The second kappa shape index (κ2) is 57.4. The van der Waals surface area contributed by atoms with Gasteiger partial charge in [-0.3, -0.25) is 13.8 Å². The Labute approximate surface area is 467 Å². The Kier molecular flexibility index (Phi) is 56.4. The van der Waals surface area contributed by atoms with E-state index in [9.17, 15) is 19.4 Å². The molecule has 0 aliphatic carbocycles. The lowest BCUT2D eigenvalue weighted by Crippen LogP contribution is -2.45. The molecule has 0 rings (SSSR count). The monoisotopic (exact) mass is 1080 g/mol. The quantitative estimate of drug-likeness (QED) is 0.0243. The molecule has 3 atom stereocenters. The zero-order valence-corrected chi connectivity index (χ0v) is 51.7. The number of amides is 1. The first-order chi connectivity index (χ1) is 36.5. The van der Waals surface area contributed by atoms with Crippen molar-refractivity contribution in [3.8, 4) is 0 Å². The number of phosphoric ester groups is 1. The molecule has 9 heteroatoms. The van der Waals surface area contributed by atoms with Crippen LogP contribution in [-0.4, -0.2) is 73.4 Å². The fourth-order valence-electron chi connectivity index (χ4n) is 9.94. The van der Waals surface area contributed by atoms with E-state index in [4.69, 9.17) is 9.05 Å². The van der Waals surface area contributed by atoms with Gasteiger partial charge < -0.3 is 19.8 Å². The molecule has 0 radical (unpaired) electrons. The maximum atomic E-state index is 13.0. The molecule has 0 saturated heterocycles. The second-order valence-electron chi connectivity index (χ2n) is 23.8. The van der Waals surface area contributed by atoms with Gasteiger partial charge in [0.25, 0.3) is 0 Å². The van der Waals surface area contributed by atoms with Crippen LogP contribution in [-0.2, 0) is 18.4 Å². The molecule has 0 fully saturated rings. The van der Waals surface area contributed by atoms with E-state index in [0.29, 0.717) is 17.4 Å². The molecular weight excluding hydrogens is 948 g/mol. The molecule has 0 bridgehead atoms. The van der Waals surface area contributed by atoms with Crippen LogP contribution in [0.1, 0.15) is 328 Å². The minimum Gasteiger partial charge on any atom is -0.387 e. The lowest BCUT2D eigenvalue weighted by atomic mass is 10.0. The molecule has 0 aliphatic heterocycles. The third-order valence-corrected chi connectivity index (χ3v) is 16.1. The van der Waals surface area contributed by atoms with Crippen LogP contribution < -0.4 is 5.32 Å². The van der Waals surface area contributed by atoms with Crippen molar-refractivity contribution < 1.29 is 32.9 Å². The topological polar surface area (TPSA) is 105 Å². The van der Waals surface area contributed by atoms with E-state index in [1.165, 1.54) is 270 Å². The smallest absolute Gasteiger partial charge is 0.387 e. The second-order valence-corrected chi connectivity index (χ2v) is 25.3. The van der Waals surface area contributed by atoms with Gasteiger partial charge in [-0.2, -0.15) is 0 Å². The minimum atomic E-state index is -4.36. The Balaban J connectivity index is 4.14. The normalized spacial score (nSPS) is 14.0. The van der Waals surface area contributed by atoms with Crippen LogP contribution in [0.3, 0.4) is 0 Å². The third kappa shape index (κ3) is 60.2. The first-order valence-corrected chi connectivity index (χ1v) is 34.4. The molecule has 3 unspecified atom stereocenters. The first-order valence-electron chi connectivity index (χ1n) is 32.9. The number of quaternary nitrogens is 1. The van der Waals surface area contributed by atoms with Crippen molar-refractivity contribution in [3.05, 3.63) is 36.5 Å². The van der Waals surface area contributed by atoms with Crippen molar-refractivity contribution in [2.45, 2.75) is 341 Å². The first kappa shape index (κ1) is 73.7. The fourth-order valence-corrected chi connectivity index (χ4v) is 10.7. The van der Waals surface area contributed by atoms with Crippen molar-refractivity contribution in [3.63, 3.8) is 0 Å². The van der Waals surface area contributed by atoms with E-state index in [1.807, 2.05) is 27.2 Å². The van der Waals surface area contributed by atoms with Crippen LogP contribution in [0.5, 0.6) is 0 Å². The SMILES string of the molecule is CCCCCCCCCC/C=C\CCCCCCCCCCCCCCCC(=O)NC(COP(=O)(O)OCC[N+](C)(C)C)C(O)/C=C/CC/C=C/CCCCCCCCCCCCCCCCCCCCCCCC. The summed E-state index contributed by atoms with van der Waals surface area (Å²) in [7, 11) is 1.57. The zero-order chi connectivity index (χ0) is 54.9. The number of rotatable bonds is 61. The van der Waals surface area contributed by atoms with Crippen LogP contribution in [0.15, 0.2) is 36.5 Å². The number of nitrogens with zero attached hydrogens (tertiary/aromatic N) is 1. The number of carbonyl (C=O) groups is 1. The molecule has 444 valence electrons. The predicted octanol–water partition coefficient (Wildman–Crippen LogP) is 20.5. The number of unbranched alkanes of at least 4 members (excludes halogenated alkanes) is 44. The average molecular weight is 1080 g/mol. The number of aliphatic hydroxyl groups excluding tert-OH is 1. The van der Waals surface area contributed by atoms with E-state index >= 15 is 0 Å². The van der Waals surface area contributed by atoms with E-state index in [2.05, 4.69) is 43.5 Å². The summed E-state index contributed by atoms with van der Waals surface area (Å²) in [4.78, 5) is 23.4. The van der Waals surface area contributed by atoms with Gasteiger partial charge in [-0.25, -0.2) is 4.57 Å². The molecular formula is C66H130N2O6P+. The number of hydrogen-bond donors (Lipinski definition) is 3. The number of phosphoric acid groups is 1. The number of hydrogen-bond acceptors (Lipinski definition) is 5. The molecule has 8 nitrogen and oxygen atoms in total. The predicted molar refractivity (Wildman–Crippen MR) is 328 cm³/mol. The van der Waals surface area contributed by atoms with Gasteiger partial charge in [0.05, 0.1) is 39.9 Å². The molecule has 0 saturated carbocycles. The largest absolute Gasteiger partial charge is 0.472 e. The summed E-state index contributed by atoms with van der Waals surface area (Å²) >= 11 is 0. The summed E-state index contributed by atoms with van der Waals surface area (Å²) in [6, 6.07) is -0.864. The van der Waals surface area contributed by atoms with Gasteiger partial charge in [0.1, 0.15) is 13.2 Å². The Morgan fingerprint density at radius 3 is 1.07 bits per heavy atom. The molecule has 0 aliphatic rings. The Hall–Kier alpha value is -1.28. The van der Waals surface area contributed by atoms with Crippen molar-refractivity contribution in [1.29, 1.82) is 0 Å². The van der Waals surface area contributed by atoms with E-state index in [0.717, 1.165) is 38.5 Å². The van der Waals surface area contributed by atoms with Gasteiger partial charge in [0.15, 0.2) is 0 Å². The number of nitrogens with one attached hydrogen (secondary N) is 1. The highest BCUT2D eigenvalue weighted by Crippen LogP contribution is 2.43. The van der Waals surface area contributed by atoms with Crippen LogP contribution in [0.2, 0.25) is 0 Å². The highest BCUT2D eigenvalue weighted by molar-refractivity contribution is 7.47. The molecule has 0 aromatic heterocycles. The fraction of sp³-hybridized carbons (Fsp3) is 0.894. The summed E-state index contributed by atoms with van der Waals surface area (Å²) in [5, 5.41) is 14.0. The molecule has 0 aromatic carbocycles. The van der Waals surface area contributed by atoms with Gasteiger partial charge in [-0.1, -0.05) is 301 Å². The lowest BCUT2D eigenvalue weighted by molar-refractivity contribution is -0.870. The summed E-state index contributed by atoms with van der Waals surface area (Å²) in [5.74, 6) is -0.182. The Bertz CT molecular complexity index is 1320. The third-order valence-electron chi connectivity index (χ3n) is 15.1. The zero-order valence-electron chi connectivity index (χ0n) is 50.8. The lowest BCUT2D eigenvalue weighted by Gasteiger charge is -2.25. The number of aliphatic hydroxyl groups is 1. The molecule has 0 spiro atoms. The summed E-state index contributed by atoms with van der Waals surface area (Å²) in [5.41, 5.74) is 0. The van der Waals surface area contributed by atoms with Crippen LogP contribution in [0.25, 0.3) is 0 Å². The number of carbonyl (C=O) groups excluding carboxylic acids is 1. The van der Waals surface area contributed by atoms with Crippen molar-refractivity contribution >= 4 is 13.7 Å².